The SMILES string of the molecule is CCCCOc1ccc(CNC(=O)[C@@H]2CCCC[C@@H]2C(=O)O)cc1. The van der Waals surface area contributed by atoms with E-state index in [2.05, 4.69) is 12.2 Å². The van der Waals surface area contributed by atoms with Crippen LogP contribution in [0.15, 0.2) is 24.3 Å². The molecule has 2 atom stereocenters. The first-order valence-corrected chi connectivity index (χ1v) is 8.84. The third-order valence-corrected chi connectivity index (χ3v) is 4.58. The van der Waals surface area contributed by atoms with Crippen LogP contribution in [0.2, 0.25) is 0 Å². The highest BCUT2D eigenvalue weighted by Gasteiger charge is 2.35. The molecule has 1 amide bonds. The highest BCUT2D eigenvalue weighted by Crippen LogP contribution is 2.30. The second-order valence-corrected chi connectivity index (χ2v) is 6.40. The van der Waals surface area contributed by atoms with Crippen molar-refractivity contribution in [2.45, 2.75) is 52.0 Å². The highest BCUT2D eigenvalue weighted by atomic mass is 16.5. The van der Waals surface area contributed by atoms with Crippen LogP contribution < -0.4 is 10.1 Å². The van der Waals surface area contributed by atoms with Crippen molar-refractivity contribution in [3.05, 3.63) is 29.8 Å². The van der Waals surface area contributed by atoms with Gasteiger partial charge < -0.3 is 15.2 Å². The molecule has 1 aliphatic carbocycles. The van der Waals surface area contributed by atoms with Gasteiger partial charge in [0.05, 0.1) is 18.4 Å². The molecule has 0 aliphatic heterocycles. The lowest BCUT2D eigenvalue weighted by atomic mass is 9.78. The van der Waals surface area contributed by atoms with E-state index in [1.165, 1.54) is 0 Å². The maximum Gasteiger partial charge on any atom is 0.307 e. The lowest BCUT2D eigenvalue weighted by Gasteiger charge is -2.27. The van der Waals surface area contributed by atoms with Gasteiger partial charge in [-0.25, -0.2) is 0 Å². The summed E-state index contributed by atoms with van der Waals surface area (Å²) >= 11 is 0. The van der Waals surface area contributed by atoms with Gasteiger partial charge in [-0.3, -0.25) is 9.59 Å². The molecule has 2 rings (SSSR count). The van der Waals surface area contributed by atoms with Crippen molar-refractivity contribution in [1.82, 2.24) is 5.32 Å². The molecule has 5 nitrogen and oxygen atoms in total. The monoisotopic (exact) mass is 333 g/mol. The summed E-state index contributed by atoms with van der Waals surface area (Å²) in [7, 11) is 0. The quantitative estimate of drug-likeness (QED) is 0.715. The number of nitrogens with one attached hydrogen (secondary N) is 1. The van der Waals surface area contributed by atoms with Crippen LogP contribution in [0.3, 0.4) is 0 Å². The zero-order valence-electron chi connectivity index (χ0n) is 14.3. The number of carboxylic acids is 1. The second-order valence-electron chi connectivity index (χ2n) is 6.40. The van der Waals surface area contributed by atoms with Crippen LogP contribution in [0.4, 0.5) is 0 Å². The molecule has 1 aromatic rings. The van der Waals surface area contributed by atoms with Crippen LogP contribution >= 0.6 is 0 Å². The van der Waals surface area contributed by atoms with Gasteiger partial charge in [0.15, 0.2) is 0 Å². The first-order chi connectivity index (χ1) is 11.6. The summed E-state index contributed by atoms with van der Waals surface area (Å²) in [4.78, 5) is 23.6. The Kier molecular flexibility index (Phi) is 7.09. The Morgan fingerprint density at radius 3 is 2.46 bits per heavy atom. The largest absolute Gasteiger partial charge is 0.494 e. The van der Waals surface area contributed by atoms with E-state index in [0.717, 1.165) is 37.0 Å². The summed E-state index contributed by atoms with van der Waals surface area (Å²) < 4.78 is 5.61. The minimum atomic E-state index is -0.858. The Bertz CT molecular complexity index is 541. The first kappa shape index (κ1) is 18.3. The Labute approximate surface area is 143 Å². The minimum absolute atomic E-state index is 0.148. The maximum absolute atomic E-state index is 12.3. The van der Waals surface area contributed by atoms with Crippen LogP contribution in [0.1, 0.15) is 51.0 Å². The Morgan fingerprint density at radius 1 is 1.17 bits per heavy atom. The normalized spacial score (nSPS) is 20.4. The molecule has 0 aromatic heterocycles. The lowest BCUT2D eigenvalue weighted by molar-refractivity contribution is -0.148. The highest BCUT2D eigenvalue weighted by molar-refractivity contribution is 5.84. The average Bonchev–Trinajstić information content (AvgIpc) is 2.61. The number of aliphatic carboxylic acids is 1. The van der Waals surface area contributed by atoms with Crippen LogP contribution in [-0.2, 0) is 16.1 Å². The van der Waals surface area contributed by atoms with Gasteiger partial charge in [0.1, 0.15) is 5.75 Å². The van der Waals surface area contributed by atoms with Crippen molar-refractivity contribution in [3.63, 3.8) is 0 Å². The Balaban J connectivity index is 1.83. The predicted molar refractivity (Wildman–Crippen MR) is 91.8 cm³/mol. The van der Waals surface area contributed by atoms with Crippen molar-refractivity contribution in [1.29, 1.82) is 0 Å². The number of amides is 1. The van der Waals surface area contributed by atoms with Gasteiger partial charge in [0.2, 0.25) is 5.91 Å². The van der Waals surface area contributed by atoms with Crippen LogP contribution in [0.5, 0.6) is 5.75 Å². The summed E-state index contributed by atoms with van der Waals surface area (Å²) in [5.41, 5.74) is 0.980. The van der Waals surface area contributed by atoms with Gasteiger partial charge in [-0.05, 0) is 37.0 Å². The fourth-order valence-electron chi connectivity index (χ4n) is 3.10. The summed E-state index contributed by atoms with van der Waals surface area (Å²) in [6.07, 6.45) is 5.20. The molecule has 0 unspecified atom stereocenters. The van der Waals surface area contributed by atoms with E-state index in [0.29, 0.717) is 26.0 Å². The number of hydrogen-bond donors (Lipinski definition) is 2. The fourth-order valence-corrected chi connectivity index (χ4v) is 3.10. The van der Waals surface area contributed by atoms with Crippen molar-refractivity contribution in [2.24, 2.45) is 11.8 Å². The van der Waals surface area contributed by atoms with Crippen LogP contribution in [0, 0.1) is 11.8 Å². The topological polar surface area (TPSA) is 75.6 Å². The van der Waals surface area contributed by atoms with E-state index < -0.39 is 17.8 Å². The number of carbonyl (C=O) groups excluding carboxylic acids is 1. The number of ether oxygens (including phenoxy) is 1. The average molecular weight is 333 g/mol. The third kappa shape index (κ3) is 5.25. The lowest BCUT2D eigenvalue weighted by Crippen LogP contribution is -2.39. The van der Waals surface area contributed by atoms with E-state index >= 15 is 0 Å². The molecule has 0 spiro atoms. The van der Waals surface area contributed by atoms with Gasteiger partial charge in [0, 0.05) is 6.54 Å². The molecule has 24 heavy (non-hydrogen) atoms. The van der Waals surface area contributed by atoms with E-state index in [-0.39, 0.29) is 5.91 Å². The zero-order valence-corrected chi connectivity index (χ0v) is 14.3. The van der Waals surface area contributed by atoms with Crippen molar-refractivity contribution in [2.75, 3.05) is 6.61 Å². The molecule has 0 heterocycles. The van der Waals surface area contributed by atoms with Gasteiger partial charge in [-0.1, -0.05) is 38.3 Å². The number of carbonyl (C=O) groups is 2. The number of carboxylic acid groups (broad SMARTS) is 1. The molecule has 1 aromatic carbocycles. The Hall–Kier alpha value is -2.04. The van der Waals surface area contributed by atoms with Gasteiger partial charge in [0.25, 0.3) is 0 Å². The molecule has 1 fully saturated rings. The smallest absolute Gasteiger partial charge is 0.307 e. The number of hydrogen-bond acceptors (Lipinski definition) is 3. The molecule has 132 valence electrons. The van der Waals surface area contributed by atoms with Gasteiger partial charge in [-0.15, -0.1) is 0 Å². The van der Waals surface area contributed by atoms with Crippen LogP contribution in [-0.4, -0.2) is 23.6 Å². The summed E-state index contributed by atoms with van der Waals surface area (Å²) in [6.45, 7) is 3.25. The summed E-state index contributed by atoms with van der Waals surface area (Å²) in [5.74, 6) is -1.13. The maximum atomic E-state index is 12.3. The third-order valence-electron chi connectivity index (χ3n) is 4.58. The first-order valence-electron chi connectivity index (χ1n) is 8.84. The minimum Gasteiger partial charge on any atom is -0.494 e. The number of unbranched alkanes of at least 4 members (excludes halogenated alkanes) is 1. The molecule has 5 heteroatoms. The Morgan fingerprint density at radius 2 is 1.83 bits per heavy atom. The molecule has 1 aliphatic rings. The molecular weight excluding hydrogens is 306 g/mol. The predicted octanol–water partition coefficient (Wildman–Crippen LogP) is 3.37. The fraction of sp³-hybridized carbons (Fsp3) is 0.579. The van der Waals surface area contributed by atoms with Crippen molar-refractivity contribution < 1.29 is 19.4 Å². The molecule has 0 saturated heterocycles. The number of benzene rings is 1. The number of rotatable bonds is 8. The van der Waals surface area contributed by atoms with Crippen molar-refractivity contribution >= 4 is 11.9 Å². The van der Waals surface area contributed by atoms with Gasteiger partial charge >= 0.3 is 5.97 Å². The molecule has 0 bridgehead atoms. The van der Waals surface area contributed by atoms with E-state index in [1.807, 2.05) is 24.3 Å². The second kappa shape index (κ2) is 9.30. The zero-order chi connectivity index (χ0) is 17.4. The molecule has 0 radical (unpaired) electrons. The summed E-state index contributed by atoms with van der Waals surface area (Å²) in [6, 6.07) is 7.66. The van der Waals surface area contributed by atoms with E-state index in [1.54, 1.807) is 0 Å². The summed E-state index contributed by atoms with van der Waals surface area (Å²) in [5, 5.41) is 12.2. The standard InChI is InChI=1S/C19H27NO4/c1-2-3-12-24-15-10-8-14(9-11-15)13-20-18(21)16-6-4-5-7-17(16)19(22)23/h8-11,16-17H,2-7,12-13H2,1H3,(H,20,21)(H,22,23)/t16-,17+/m1/s1. The molecule has 2 N–H and O–H groups in total. The van der Waals surface area contributed by atoms with Crippen LogP contribution in [0.25, 0.3) is 0 Å². The molecular formula is C19H27NO4. The molecule has 1 saturated carbocycles. The van der Waals surface area contributed by atoms with E-state index in [4.69, 9.17) is 4.74 Å². The van der Waals surface area contributed by atoms with Gasteiger partial charge in [-0.2, -0.15) is 0 Å². The van der Waals surface area contributed by atoms with E-state index in [9.17, 15) is 14.7 Å². The van der Waals surface area contributed by atoms with Crippen molar-refractivity contribution in [3.8, 4) is 5.75 Å².